The Morgan fingerprint density at radius 1 is 1.33 bits per heavy atom. The first-order chi connectivity index (χ1) is 5.02. The second kappa shape index (κ2) is 7.33. The SMILES string of the molecule is CCCCC(CC)S(=O)(=O)[O-].[Na+]. The minimum absolute atomic E-state index is 0. The molecule has 0 aromatic heterocycles. The van der Waals surface area contributed by atoms with Gasteiger partial charge in [0.15, 0.2) is 0 Å². The van der Waals surface area contributed by atoms with E-state index < -0.39 is 15.4 Å². The fraction of sp³-hybridized carbons (Fsp3) is 1.00. The van der Waals surface area contributed by atoms with E-state index in [-0.39, 0.29) is 29.6 Å². The van der Waals surface area contributed by atoms with Gasteiger partial charge in [0.2, 0.25) is 0 Å². The first-order valence-electron chi connectivity index (χ1n) is 3.97. The Morgan fingerprint density at radius 2 is 1.83 bits per heavy atom. The number of unbranched alkanes of at least 4 members (excludes halogenated alkanes) is 1. The Bertz CT molecular complexity index is 189. The van der Waals surface area contributed by atoms with Crippen molar-refractivity contribution in [1.82, 2.24) is 0 Å². The summed E-state index contributed by atoms with van der Waals surface area (Å²) >= 11 is 0. The van der Waals surface area contributed by atoms with Crippen molar-refractivity contribution in [2.45, 2.75) is 44.8 Å². The molecule has 0 saturated carbocycles. The molecular weight excluding hydrogens is 187 g/mol. The van der Waals surface area contributed by atoms with Crippen molar-refractivity contribution in [3.05, 3.63) is 0 Å². The summed E-state index contributed by atoms with van der Waals surface area (Å²) in [6.45, 7) is 3.71. The summed E-state index contributed by atoms with van der Waals surface area (Å²) in [5.74, 6) is 0. The van der Waals surface area contributed by atoms with Crippen molar-refractivity contribution >= 4 is 10.1 Å². The molecule has 1 atom stereocenters. The van der Waals surface area contributed by atoms with E-state index in [1.165, 1.54) is 0 Å². The van der Waals surface area contributed by atoms with Crippen LogP contribution in [-0.4, -0.2) is 18.2 Å². The summed E-state index contributed by atoms with van der Waals surface area (Å²) in [5.41, 5.74) is 0. The average molecular weight is 202 g/mol. The van der Waals surface area contributed by atoms with E-state index in [1.54, 1.807) is 6.92 Å². The quantitative estimate of drug-likeness (QED) is 0.403. The van der Waals surface area contributed by atoms with Crippen LogP contribution < -0.4 is 29.6 Å². The van der Waals surface area contributed by atoms with Crippen molar-refractivity contribution in [2.75, 3.05) is 0 Å². The standard InChI is InChI=1S/C7H16O3S.Na/c1-3-5-6-7(4-2)11(8,9)10;/h7H,3-6H2,1-2H3,(H,8,9,10);/q;+1/p-1. The molecule has 1 unspecified atom stereocenters. The molecule has 0 radical (unpaired) electrons. The van der Waals surface area contributed by atoms with Crippen LogP contribution in [0.3, 0.4) is 0 Å². The van der Waals surface area contributed by atoms with Crippen LogP contribution in [0, 0.1) is 0 Å². The summed E-state index contributed by atoms with van der Waals surface area (Å²) < 4.78 is 31.5. The molecule has 0 fully saturated rings. The molecule has 0 N–H and O–H groups in total. The number of hydrogen-bond donors (Lipinski definition) is 0. The Labute approximate surface area is 97.0 Å². The smallest absolute Gasteiger partial charge is 0.748 e. The van der Waals surface area contributed by atoms with Crippen LogP contribution in [0.2, 0.25) is 0 Å². The van der Waals surface area contributed by atoms with Gasteiger partial charge >= 0.3 is 29.6 Å². The minimum Gasteiger partial charge on any atom is -0.748 e. The molecule has 0 aromatic rings. The number of rotatable bonds is 5. The fourth-order valence-electron chi connectivity index (χ4n) is 0.984. The van der Waals surface area contributed by atoms with Gasteiger partial charge in [-0.05, 0) is 12.8 Å². The molecule has 0 saturated heterocycles. The second-order valence-corrected chi connectivity index (χ2v) is 4.32. The van der Waals surface area contributed by atoms with Gasteiger partial charge in [-0.2, -0.15) is 0 Å². The maximum atomic E-state index is 10.5. The Hall–Kier alpha value is 0.910. The van der Waals surface area contributed by atoms with Gasteiger partial charge < -0.3 is 4.55 Å². The van der Waals surface area contributed by atoms with Crippen LogP contribution in [0.15, 0.2) is 0 Å². The Balaban J connectivity index is 0. The second-order valence-electron chi connectivity index (χ2n) is 2.67. The van der Waals surface area contributed by atoms with E-state index in [0.29, 0.717) is 12.8 Å². The third-order valence-corrected chi connectivity index (χ3v) is 3.13. The van der Waals surface area contributed by atoms with Gasteiger partial charge in [-0.1, -0.05) is 26.7 Å². The summed E-state index contributed by atoms with van der Waals surface area (Å²) in [7, 11) is -4.04. The van der Waals surface area contributed by atoms with Gasteiger partial charge in [-0.25, -0.2) is 8.42 Å². The third-order valence-electron chi connectivity index (χ3n) is 1.74. The molecule has 0 aliphatic heterocycles. The summed E-state index contributed by atoms with van der Waals surface area (Å²) in [4.78, 5) is 0. The van der Waals surface area contributed by atoms with Crippen molar-refractivity contribution in [1.29, 1.82) is 0 Å². The molecule has 0 heterocycles. The third kappa shape index (κ3) is 6.43. The zero-order valence-electron chi connectivity index (χ0n) is 8.04. The van der Waals surface area contributed by atoms with Crippen LogP contribution >= 0.6 is 0 Å². The summed E-state index contributed by atoms with van der Waals surface area (Å²) in [6, 6.07) is 0. The van der Waals surface area contributed by atoms with Crippen molar-refractivity contribution < 1.29 is 42.5 Å². The monoisotopic (exact) mass is 202 g/mol. The molecule has 0 aromatic carbocycles. The van der Waals surface area contributed by atoms with Crippen LogP contribution in [0.1, 0.15) is 39.5 Å². The molecule has 0 aliphatic carbocycles. The van der Waals surface area contributed by atoms with Crippen LogP contribution in [-0.2, 0) is 10.1 Å². The van der Waals surface area contributed by atoms with Gasteiger partial charge in [0, 0.05) is 5.25 Å². The summed E-state index contributed by atoms with van der Waals surface area (Å²) in [5, 5.41) is -0.664. The molecule has 3 nitrogen and oxygen atoms in total. The van der Waals surface area contributed by atoms with Crippen LogP contribution in [0.4, 0.5) is 0 Å². The van der Waals surface area contributed by atoms with E-state index >= 15 is 0 Å². The molecule has 0 rings (SSSR count). The Morgan fingerprint density at radius 3 is 2.08 bits per heavy atom. The Kier molecular flexibility index (Phi) is 9.39. The van der Waals surface area contributed by atoms with E-state index in [1.807, 2.05) is 6.92 Å². The summed E-state index contributed by atoms with van der Waals surface area (Å²) in [6.07, 6.45) is 2.71. The molecule has 0 spiro atoms. The van der Waals surface area contributed by atoms with Gasteiger partial charge in [0.25, 0.3) is 0 Å². The zero-order chi connectivity index (χ0) is 8.91. The van der Waals surface area contributed by atoms with Crippen molar-refractivity contribution in [2.24, 2.45) is 0 Å². The van der Waals surface area contributed by atoms with E-state index in [9.17, 15) is 13.0 Å². The van der Waals surface area contributed by atoms with Crippen LogP contribution in [0.5, 0.6) is 0 Å². The molecule has 68 valence electrons. The van der Waals surface area contributed by atoms with Gasteiger partial charge in [0.05, 0.1) is 10.1 Å². The first kappa shape index (κ1) is 15.4. The van der Waals surface area contributed by atoms with Gasteiger partial charge in [0.1, 0.15) is 0 Å². The minimum atomic E-state index is -4.04. The fourth-order valence-corrected chi connectivity index (χ4v) is 1.85. The number of hydrogen-bond acceptors (Lipinski definition) is 3. The van der Waals surface area contributed by atoms with Crippen molar-refractivity contribution in [3.8, 4) is 0 Å². The molecular formula is C7H15NaO3S. The van der Waals surface area contributed by atoms with Crippen LogP contribution in [0.25, 0.3) is 0 Å². The van der Waals surface area contributed by atoms with E-state index in [2.05, 4.69) is 0 Å². The molecule has 12 heavy (non-hydrogen) atoms. The zero-order valence-corrected chi connectivity index (χ0v) is 10.9. The van der Waals surface area contributed by atoms with Crippen molar-refractivity contribution in [3.63, 3.8) is 0 Å². The first-order valence-corrected chi connectivity index (χ1v) is 5.44. The predicted octanol–water partition coefficient (Wildman–Crippen LogP) is -1.50. The van der Waals surface area contributed by atoms with E-state index in [0.717, 1.165) is 12.8 Å². The molecule has 0 amide bonds. The van der Waals surface area contributed by atoms with Gasteiger partial charge in [-0.15, -0.1) is 0 Å². The maximum absolute atomic E-state index is 10.5. The topological polar surface area (TPSA) is 57.2 Å². The maximum Gasteiger partial charge on any atom is 1.00 e. The largest absolute Gasteiger partial charge is 1.00 e. The average Bonchev–Trinajstić information content (AvgIpc) is 1.87. The predicted molar refractivity (Wildman–Crippen MR) is 43.3 cm³/mol. The molecule has 0 bridgehead atoms. The van der Waals surface area contributed by atoms with E-state index in [4.69, 9.17) is 0 Å². The normalized spacial score (nSPS) is 13.6. The van der Waals surface area contributed by atoms with Gasteiger partial charge in [-0.3, -0.25) is 0 Å². The molecule has 5 heteroatoms. The molecule has 0 aliphatic rings.